The van der Waals surface area contributed by atoms with Crippen LogP contribution in [0.15, 0.2) is 70.9 Å². The van der Waals surface area contributed by atoms with Crippen LogP contribution in [0.1, 0.15) is 37.4 Å². The predicted octanol–water partition coefficient (Wildman–Crippen LogP) is 4.77. The Morgan fingerprint density at radius 3 is 2.41 bits per heavy atom. The van der Waals surface area contributed by atoms with Crippen molar-refractivity contribution in [1.29, 1.82) is 0 Å². The molecule has 2 aliphatic heterocycles. The van der Waals surface area contributed by atoms with Gasteiger partial charge >= 0.3 is 0 Å². The number of aryl methyl sites for hydroxylation is 1. The maximum absolute atomic E-state index is 13.8. The summed E-state index contributed by atoms with van der Waals surface area (Å²) in [6, 6.07) is 18.4. The molecule has 2 aliphatic rings. The minimum absolute atomic E-state index is 0.0673. The SMILES string of the molecule is Cc1ccc(C2C3=C(C(=O)N2c2ccccc2)N(C)CCN=C3CC(C)C)cc1. The Hall–Kier alpha value is -2.88. The van der Waals surface area contributed by atoms with Gasteiger partial charge in [0.25, 0.3) is 5.91 Å². The van der Waals surface area contributed by atoms with E-state index in [1.54, 1.807) is 0 Å². The molecule has 0 fully saturated rings. The Labute approximate surface area is 173 Å². The molecule has 4 rings (SSSR count). The number of likely N-dealkylation sites (N-methyl/N-ethyl adjacent to an activating group) is 1. The second-order valence-electron chi connectivity index (χ2n) is 8.43. The molecule has 0 aliphatic carbocycles. The number of hydrogen-bond donors (Lipinski definition) is 0. The number of aliphatic imine (C=N–C) groups is 1. The van der Waals surface area contributed by atoms with Crippen molar-refractivity contribution < 1.29 is 4.79 Å². The van der Waals surface area contributed by atoms with Gasteiger partial charge in [0.15, 0.2) is 0 Å². The summed E-state index contributed by atoms with van der Waals surface area (Å²) in [5.41, 5.74) is 6.23. The largest absolute Gasteiger partial charge is 0.368 e. The number of benzene rings is 2. The van der Waals surface area contributed by atoms with Gasteiger partial charge in [0.05, 0.1) is 12.6 Å². The molecule has 29 heavy (non-hydrogen) atoms. The molecule has 1 atom stereocenters. The van der Waals surface area contributed by atoms with Gasteiger partial charge in [-0.05, 0) is 37.0 Å². The van der Waals surface area contributed by atoms with Crippen LogP contribution in [0.25, 0.3) is 0 Å². The highest BCUT2D eigenvalue weighted by molar-refractivity contribution is 6.19. The third-order valence-electron chi connectivity index (χ3n) is 5.67. The van der Waals surface area contributed by atoms with Crippen LogP contribution < -0.4 is 4.90 Å². The van der Waals surface area contributed by atoms with Crippen LogP contribution in [-0.4, -0.2) is 36.7 Å². The maximum Gasteiger partial charge on any atom is 0.275 e. The number of hydrogen-bond acceptors (Lipinski definition) is 3. The third-order valence-corrected chi connectivity index (χ3v) is 5.67. The molecule has 4 nitrogen and oxygen atoms in total. The van der Waals surface area contributed by atoms with Crippen molar-refractivity contribution in [2.75, 3.05) is 25.0 Å². The van der Waals surface area contributed by atoms with E-state index in [-0.39, 0.29) is 11.9 Å². The molecule has 2 aromatic rings. The first-order valence-electron chi connectivity index (χ1n) is 10.4. The van der Waals surface area contributed by atoms with Crippen molar-refractivity contribution in [3.8, 4) is 0 Å². The first-order valence-corrected chi connectivity index (χ1v) is 10.4. The summed E-state index contributed by atoms with van der Waals surface area (Å²) in [6.45, 7) is 8.00. The van der Waals surface area contributed by atoms with E-state index < -0.39 is 0 Å². The van der Waals surface area contributed by atoms with Gasteiger partial charge in [0, 0.05) is 30.6 Å². The highest BCUT2D eigenvalue weighted by Crippen LogP contribution is 2.44. The highest BCUT2D eigenvalue weighted by Gasteiger charge is 2.44. The molecule has 0 saturated carbocycles. The summed E-state index contributed by atoms with van der Waals surface area (Å²) in [5, 5.41) is 0. The summed E-state index contributed by atoms with van der Waals surface area (Å²) in [6.07, 6.45) is 0.880. The first kappa shape index (κ1) is 19.4. The smallest absolute Gasteiger partial charge is 0.275 e. The Bertz CT molecular complexity index is 957. The standard InChI is InChI=1S/C25H29N3O/c1-17(2)16-21-22-23(19-12-10-18(3)11-13-19)28(20-8-6-5-7-9-20)25(29)24(22)27(4)15-14-26-21/h5-13,17,23H,14-16H2,1-4H3. The van der Waals surface area contributed by atoms with Crippen LogP contribution >= 0.6 is 0 Å². The zero-order valence-corrected chi connectivity index (χ0v) is 17.7. The van der Waals surface area contributed by atoms with Crippen molar-refractivity contribution in [3.63, 3.8) is 0 Å². The fourth-order valence-corrected chi connectivity index (χ4v) is 4.28. The van der Waals surface area contributed by atoms with Gasteiger partial charge in [-0.2, -0.15) is 0 Å². The van der Waals surface area contributed by atoms with Gasteiger partial charge in [-0.1, -0.05) is 61.9 Å². The molecule has 0 bridgehead atoms. The number of nitrogens with zero attached hydrogens (tertiary/aromatic N) is 3. The Morgan fingerprint density at radius 2 is 1.76 bits per heavy atom. The van der Waals surface area contributed by atoms with Crippen molar-refractivity contribution >= 4 is 17.3 Å². The van der Waals surface area contributed by atoms with E-state index in [1.807, 2.05) is 42.3 Å². The van der Waals surface area contributed by atoms with Crippen molar-refractivity contribution in [1.82, 2.24) is 4.90 Å². The van der Waals surface area contributed by atoms with Crippen LogP contribution in [0, 0.1) is 12.8 Å². The van der Waals surface area contributed by atoms with Crippen LogP contribution in [0.4, 0.5) is 5.69 Å². The molecule has 0 saturated heterocycles. The van der Waals surface area contributed by atoms with Crippen LogP contribution in [0.3, 0.4) is 0 Å². The van der Waals surface area contributed by atoms with E-state index >= 15 is 0 Å². The first-order chi connectivity index (χ1) is 14.0. The Kier molecular flexibility index (Phi) is 5.27. The zero-order chi connectivity index (χ0) is 20.5. The van der Waals surface area contributed by atoms with Gasteiger partial charge in [0.1, 0.15) is 5.70 Å². The number of anilines is 1. The maximum atomic E-state index is 13.8. The van der Waals surface area contributed by atoms with E-state index in [2.05, 4.69) is 49.9 Å². The number of carbonyl (C=O) groups is 1. The normalized spacial score (nSPS) is 19.6. The molecule has 2 heterocycles. The number of carbonyl (C=O) groups excluding carboxylic acids is 1. The molecule has 150 valence electrons. The number of rotatable bonds is 4. The summed E-state index contributed by atoms with van der Waals surface area (Å²) in [7, 11) is 2.02. The second kappa shape index (κ2) is 7.86. The monoisotopic (exact) mass is 387 g/mol. The summed E-state index contributed by atoms with van der Waals surface area (Å²) >= 11 is 0. The lowest BCUT2D eigenvalue weighted by molar-refractivity contribution is -0.116. The molecule has 0 aromatic heterocycles. The minimum Gasteiger partial charge on any atom is -0.368 e. The minimum atomic E-state index is -0.154. The molecule has 2 aromatic carbocycles. The zero-order valence-electron chi connectivity index (χ0n) is 17.7. The van der Waals surface area contributed by atoms with Gasteiger partial charge in [0.2, 0.25) is 0 Å². The Morgan fingerprint density at radius 1 is 1.07 bits per heavy atom. The van der Waals surface area contributed by atoms with E-state index in [4.69, 9.17) is 4.99 Å². The number of amides is 1. The third kappa shape index (κ3) is 3.59. The molecule has 0 N–H and O–H groups in total. The lowest BCUT2D eigenvalue weighted by atomic mass is 9.90. The van der Waals surface area contributed by atoms with Gasteiger partial charge < -0.3 is 4.90 Å². The fraction of sp³-hybridized carbons (Fsp3) is 0.360. The quantitative estimate of drug-likeness (QED) is 0.758. The van der Waals surface area contributed by atoms with Crippen LogP contribution in [0.2, 0.25) is 0 Å². The van der Waals surface area contributed by atoms with Crippen LogP contribution in [-0.2, 0) is 4.79 Å². The van der Waals surface area contributed by atoms with Crippen molar-refractivity contribution in [2.45, 2.75) is 33.2 Å². The van der Waals surface area contributed by atoms with E-state index in [0.29, 0.717) is 5.92 Å². The van der Waals surface area contributed by atoms with Crippen molar-refractivity contribution in [3.05, 3.63) is 77.0 Å². The second-order valence-corrected chi connectivity index (χ2v) is 8.43. The lowest BCUT2D eigenvalue weighted by Gasteiger charge is -2.28. The number of para-hydroxylation sites is 1. The molecular weight excluding hydrogens is 358 g/mol. The van der Waals surface area contributed by atoms with Crippen molar-refractivity contribution in [2.24, 2.45) is 10.9 Å². The van der Waals surface area contributed by atoms with E-state index in [9.17, 15) is 4.79 Å². The topological polar surface area (TPSA) is 35.9 Å². The molecule has 4 heteroatoms. The lowest BCUT2D eigenvalue weighted by Crippen LogP contribution is -2.34. The van der Waals surface area contributed by atoms with E-state index in [0.717, 1.165) is 47.7 Å². The molecule has 0 radical (unpaired) electrons. The molecule has 1 unspecified atom stereocenters. The Balaban J connectivity index is 1.92. The van der Waals surface area contributed by atoms with Gasteiger partial charge in [-0.25, -0.2) is 0 Å². The average Bonchev–Trinajstić information content (AvgIpc) is 2.91. The fourth-order valence-electron chi connectivity index (χ4n) is 4.28. The average molecular weight is 388 g/mol. The van der Waals surface area contributed by atoms with E-state index in [1.165, 1.54) is 5.56 Å². The highest BCUT2D eigenvalue weighted by atomic mass is 16.2. The van der Waals surface area contributed by atoms with Gasteiger partial charge in [-0.15, -0.1) is 0 Å². The molecular formula is C25H29N3O. The molecule has 1 amide bonds. The summed E-state index contributed by atoms with van der Waals surface area (Å²) in [4.78, 5) is 22.8. The summed E-state index contributed by atoms with van der Waals surface area (Å²) in [5.74, 6) is 0.545. The molecule has 0 spiro atoms. The predicted molar refractivity (Wildman–Crippen MR) is 119 cm³/mol. The van der Waals surface area contributed by atoms with Crippen LogP contribution in [0.5, 0.6) is 0 Å². The summed E-state index contributed by atoms with van der Waals surface area (Å²) < 4.78 is 0. The van der Waals surface area contributed by atoms with Gasteiger partial charge in [-0.3, -0.25) is 14.7 Å².